The van der Waals surface area contributed by atoms with Crippen LogP contribution in [-0.4, -0.2) is 55.5 Å². The van der Waals surface area contributed by atoms with Gasteiger partial charge in [-0.2, -0.15) is 0 Å². The summed E-state index contributed by atoms with van der Waals surface area (Å²) in [7, 11) is 1.70. The maximum absolute atomic E-state index is 11.3. The molecule has 0 aromatic heterocycles. The molecular formula is C11H19N5O2. The largest absolute Gasteiger partial charge is 0.355 e. The first-order valence-corrected chi connectivity index (χ1v) is 6.17. The van der Waals surface area contributed by atoms with Crippen molar-refractivity contribution in [3.05, 3.63) is 0 Å². The summed E-state index contributed by atoms with van der Waals surface area (Å²) in [5.74, 6) is 1.23. The molecule has 2 aliphatic rings. The lowest BCUT2D eigenvalue weighted by Gasteiger charge is -2.15. The van der Waals surface area contributed by atoms with Crippen LogP contribution in [0.3, 0.4) is 0 Å². The number of aliphatic imine (C=N–C) groups is 1. The summed E-state index contributed by atoms with van der Waals surface area (Å²) >= 11 is 0. The third-order valence-electron chi connectivity index (χ3n) is 3.22. The lowest BCUT2D eigenvalue weighted by Crippen LogP contribution is -2.44. The van der Waals surface area contributed by atoms with Gasteiger partial charge in [-0.05, 0) is 12.3 Å². The molecule has 2 rings (SSSR count). The monoisotopic (exact) mass is 253 g/mol. The molecule has 1 saturated carbocycles. The second kappa shape index (κ2) is 5.24. The van der Waals surface area contributed by atoms with Gasteiger partial charge in [-0.1, -0.05) is 6.92 Å². The number of hydrogen-bond acceptors (Lipinski definition) is 3. The van der Waals surface area contributed by atoms with E-state index < -0.39 is 0 Å². The van der Waals surface area contributed by atoms with E-state index in [0.29, 0.717) is 25.0 Å². The Morgan fingerprint density at radius 3 is 2.78 bits per heavy atom. The second-order valence-electron chi connectivity index (χ2n) is 4.67. The van der Waals surface area contributed by atoms with E-state index >= 15 is 0 Å². The molecule has 2 fully saturated rings. The van der Waals surface area contributed by atoms with Crippen molar-refractivity contribution in [3.8, 4) is 0 Å². The Morgan fingerprint density at radius 1 is 1.56 bits per heavy atom. The van der Waals surface area contributed by atoms with Crippen LogP contribution in [0.15, 0.2) is 4.99 Å². The quantitative estimate of drug-likeness (QED) is 0.345. The van der Waals surface area contributed by atoms with Crippen molar-refractivity contribution in [3.63, 3.8) is 0 Å². The summed E-state index contributed by atoms with van der Waals surface area (Å²) < 4.78 is 0. The zero-order valence-electron chi connectivity index (χ0n) is 10.7. The van der Waals surface area contributed by atoms with Crippen molar-refractivity contribution in [2.45, 2.75) is 19.4 Å². The summed E-state index contributed by atoms with van der Waals surface area (Å²) in [6.45, 7) is 3.13. The van der Waals surface area contributed by atoms with Crippen molar-refractivity contribution >= 4 is 17.9 Å². The van der Waals surface area contributed by atoms with Crippen LogP contribution in [0.5, 0.6) is 0 Å². The second-order valence-corrected chi connectivity index (χ2v) is 4.67. The standard InChI is InChI=1S/C11H19N5O2/c1-7-5-8(7)15-10(12-2)13-3-4-16-9(17)6-14-11(16)18/h7-8H,3-6H2,1-2H3,(H,14,18)(H2,12,13,15). The van der Waals surface area contributed by atoms with Crippen LogP contribution in [-0.2, 0) is 4.79 Å². The minimum atomic E-state index is -0.319. The third kappa shape index (κ3) is 2.91. The van der Waals surface area contributed by atoms with E-state index in [0.717, 1.165) is 12.4 Å². The number of amides is 3. The number of nitrogens with one attached hydrogen (secondary N) is 3. The van der Waals surface area contributed by atoms with E-state index in [9.17, 15) is 9.59 Å². The zero-order chi connectivity index (χ0) is 13.1. The lowest BCUT2D eigenvalue weighted by molar-refractivity contribution is -0.124. The third-order valence-corrected chi connectivity index (χ3v) is 3.22. The fourth-order valence-corrected chi connectivity index (χ4v) is 1.86. The van der Waals surface area contributed by atoms with Gasteiger partial charge in [0.15, 0.2) is 5.96 Å². The predicted molar refractivity (Wildman–Crippen MR) is 67.2 cm³/mol. The van der Waals surface area contributed by atoms with Crippen LogP contribution in [0, 0.1) is 5.92 Å². The van der Waals surface area contributed by atoms with Gasteiger partial charge in [-0.15, -0.1) is 0 Å². The summed E-state index contributed by atoms with van der Waals surface area (Å²) in [5, 5.41) is 8.85. The van der Waals surface area contributed by atoms with E-state index in [4.69, 9.17) is 0 Å². The molecule has 0 aromatic carbocycles. The van der Waals surface area contributed by atoms with Crippen LogP contribution < -0.4 is 16.0 Å². The van der Waals surface area contributed by atoms with Crippen LogP contribution >= 0.6 is 0 Å². The molecule has 1 aliphatic heterocycles. The Kier molecular flexibility index (Phi) is 3.69. The Bertz CT molecular complexity index is 366. The maximum atomic E-state index is 11.3. The average molecular weight is 253 g/mol. The lowest BCUT2D eigenvalue weighted by atomic mass is 10.5. The van der Waals surface area contributed by atoms with E-state index in [-0.39, 0.29) is 18.5 Å². The van der Waals surface area contributed by atoms with Gasteiger partial charge in [0, 0.05) is 26.2 Å². The maximum Gasteiger partial charge on any atom is 0.324 e. The van der Waals surface area contributed by atoms with Crippen molar-refractivity contribution in [2.24, 2.45) is 10.9 Å². The number of imide groups is 1. The fourth-order valence-electron chi connectivity index (χ4n) is 1.86. The molecule has 3 amide bonds. The Hall–Kier alpha value is -1.79. The molecule has 7 heteroatoms. The molecule has 3 N–H and O–H groups in total. The highest BCUT2D eigenvalue weighted by atomic mass is 16.2. The summed E-state index contributed by atoms with van der Waals surface area (Å²) in [6.07, 6.45) is 1.16. The van der Waals surface area contributed by atoms with Gasteiger partial charge in [-0.25, -0.2) is 4.79 Å². The first kappa shape index (κ1) is 12.7. The van der Waals surface area contributed by atoms with E-state index in [2.05, 4.69) is 27.9 Å². The van der Waals surface area contributed by atoms with Gasteiger partial charge in [0.1, 0.15) is 0 Å². The van der Waals surface area contributed by atoms with Gasteiger partial charge in [-0.3, -0.25) is 14.7 Å². The minimum absolute atomic E-state index is 0.103. The highest BCUT2D eigenvalue weighted by Gasteiger charge is 2.33. The van der Waals surface area contributed by atoms with Gasteiger partial charge in [0.25, 0.3) is 0 Å². The molecule has 1 aliphatic carbocycles. The molecule has 0 bridgehead atoms. The first-order chi connectivity index (χ1) is 8.61. The summed E-state index contributed by atoms with van der Waals surface area (Å²) in [5.41, 5.74) is 0. The number of carbonyl (C=O) groups is 2. The number of carbonyl (C=O) groups excluding carboxylic acids is 2. The van der Waals surface area contributed by atoms with Crippen LogP contribution in [0.4, 0.5) is 4.79 Å². The SMILES string of the molecule is CN=C(NCCN1C(=O)CNC1=O)NC1CC1C. The molecule has 1 heterocycles. The van der Waals surface area contributed by atoms with Crippen LogP contribution in [0.2, 0.25) is 0 Å². The van der Waals surface area contributed by atoms with Crippen LogP contribution in [0.25, 0.3) is 0 Å². The molecule has 1 saturated heterocycles. The Balaban J connectivity index is 1.70. The molecule has 2 atom stereocenters. The molecule has 100 valence electrons. The molecular weight excluding hydrogens is 234 g/mol. The molecule has 0 radical (unpaired) electrons. The molecule has 0 spiro atoms. The molecule has 18 heavy (non-hydrogen) atoms. The molecule has 7 nitrogen and oxygen atoms in total. The van der Waals surface area contributed by atoms with Gasteiger partial charge in [0.2, 0.25) is 5.91 Å². The highest BCUT2D eigenvalue weighted by Crippen LogP contribution is 2.28. The van der Waals surface area contributed by atoms with Crippen molar-refractivity contribution in [1.29, 1.82) is 0 Å². The normalized spacial score (nSPS) is 27.2. The fraction of sp³-hybridized carbons (Fsp3) is 0.727. The number of nitrogens with zero attached hydrogens (tertiary/aromatic N) is 2. The van der Waals surface area contributed by atoms with E-state index in [1.165, 1.54) is 4.90 Å². The van der Waals surface area contributed by atoms with E-state index in [1.54, 1.807) is 7.05 Å². The van der Waals surface area contributed by atoms with Gasteiger partial charge >= 0.3 is 6.03 Å². The first-order valence-electron chi connectivity index (χ1n) is 6.17. The van der Waals surface area contributed by atoms with Crippen LogP contribution in [0.1, 0.15) is 13.3 Å². The minimum Gasteiger partial charge on any atom is -0.355 e. The number of urea groups is 1. The summed E-state index contributed by atoms with van der Waals surface area (Å²) in [6, 6.07) is 0.175. The highest BCUT2D eigenvalue weighted by molar-refractivity contribution is 6.01. The van der Waals surface area contributed by atoms with Gasteiger partial charge < -0.3 is 16.0 Å². The van der Waals surface area contributed by atoms with Gasteiger partial charge in [0.05, 0.1) is 6.54 Å². The Labute approximate surface area is 106 Å². The number of hydrogen-bond donors (Lipinski definition) is 3. The van der Waals surface area contributed by atoms with Crippen molar-refractivity contribution < 1.29 is 9.59 Å². The molecule has 0 aromatic rings. The van der Waals surface area contributed by atoms with E-state index in [1.807, 2.05) is 0 Å². The summed E-state index contributed by atoms with van der Waals surface area (Å²) in [4.78, 5) is 27.9. The van der Waals surface area contributed by atoms with Crippen molar-refractivity contribution in [2.75, 3.05) is 26.7 Å². The average Bonchev–Trinajstić information content (AvgIpc) is 2.95. The zero-order valence-corrected chi connectivity index (χ0v) is 10.7. The predicted octanol–water partition coefficient (Wildman–Crippen LogP) is -0.888. The number of rotatable bonds is 4. The topological polar surface area (TPSA) is 85.8 Å². The molecule has 2 unspecified atom stereocenters. The van der Waals surface area contributed by atoms with Crippen molar-refractivity contribution in [1.82, 2.24) is 20.9 Å². The smallest absolute Gasteiger partial charge is 0.324 e. The number of guanidine groups is 1. The Morgan fingerprint density at radius 2 is 2.28 bits per heavy atom.